The van der Waals surface area contributed by atoms with Crippen molar-refractivity contribution >= 4 is 16.0 Å². The fraction of sp³-hybridized carbons (Fsp3) is 0.800. The average Bonchev–Trinajstić information content (AvgIpc) is 2.00. The average molecular weight is 251 g/mol. The van der Waals surface area contributed by atoms with Crippen molar-refractivity contribution in [2.75, 3.05) is 19.8 Å². The number of carboxylic acid groups (broad SMARTS) is 1. The zero-order chi connectivity index (χ0) is 12.1. The Labute approximate surface area is 83.1 Å². The quantitative estimate of drug-likeness (QED) is 0.622. The van der Waals surface area contributed by atoms with E-state index in [4.69, 9.17) is 5.11 Å². The molecule has 0 fully saturated rings. The summed E-state index contributed by atoms with van der Waals surface area (Å²) in [5.41, 5.74) is -5.38. The molecule has 0 rings (SSSR count). The lowest BCUT2D eigenvalue weighted by atomic mass is 10.7. The minimum absolute atomic E-state index is 0.457. The summed E-state index contributed by atoms with van der Waals surface area (Å²) in [4.78, 5) is 9.87. The summed E-state index contributed by atoms with van der Waals surface area (Å²) in [6, 6.07) is 0. The number of aliphatic carboxylic acids is 1. The molecule has 0 aliphatic heterocycles. The minimum Gasteiger partial charge on any atom is -0.480 e. The molecular weight excluding hydrogens is 243 g/mol. The molecular formula is C5H8F3NO5S. The van der Waals surface area contributed by atoms with Crippen LogP contribution in [0.5, 0.6) is 0 Å². The van der Waals surface area contributed by atoms with Gasteiger partial charge < -0.3 is 9.84 Å². The first-order chi connectivity index (χ1) is 6.67. The number of rotatable bonds is 6. The molecule has 0 aromatic heterocycles. The lowest BCUT2D eigenvalue weighted by molar-refractivity contribution is -0.142. The van der Waals surface area contributed by atoms with Crippen LogP contribution in [0.25, 0.3) is 0 Å². The van der Waals surface area contributed by atoms with Crippen LogP contribution in [0.2, 0.25) is 0 Å². The predicted molar refractivity (Wildman–Crippen MR) is 41.4 cm³/mol. The molecule has 0 bridgehead atoms. The standard InChI is InChI=1S/C5H8F3NO5S/c6-5(7,8)15(12,13)9-1-2-14-3-4(10)11/h9H,1-3H2,(H,10,11). The molecule has 2 N–H and O–H groups in total. The number of halogens is 3. The Morgan fingerprint density at radius 1 is 1.40 bits per heavy atom. The van der Waals surface area contributed by atoms with Crippen LogP contribution in [0.15, 0.2) is 0 Å². The second-order valence-corrected chi connectivity index (χ2v) is 4.05. The zero-order valence-corrected chi connectivity index (χ0v) is 8.06. The molecule has 0 radical (unpaired) electrons. The van der Waals surface area contributed by atoms with Crippen molar-refractivity contribution in [3.63, 3.8) is 0 Å². The minimum atomic E-state index is -5.38. The highest BCUT2D eigenvalue weighted by Gasteiger charge is 2.45. The molecule has 0 amide bonds. The molecule has 0 heterocycles. The molecule has 0 spiro atoms. The molecule has 0 atom stereocenters. The fourth-order valence-electron chi connectivity index (χ4n) is 0.490. The molecule has 15 heavy (non-hydrogen) atoms. The molecule has 90 valence electrons. The first-order valence-electron chi connectivity index (χ1n) is 3.52. The molecule has 0 aliphatic carbocycles. The van der Waals surface area contributed by atoms with Crippen molar-refractivity contribution < 1.29 is 36.2 Å². The van der Waals surface area contributed by atoms with E-state index in [0.717, 1.165) is 0 Å². The molecule has 10 heteroatoms. The van der Waals surface area contributed by atoms with E-state index in [-0.39, 0.29) is 0 Å². The van der Waals surface area contributed by atoms with Crippen molar-refractivity contribution in [1.29, 1.82) is 0 Å². The Balaban J connectivity index is 3.83. The predicted octanol–water partition coefficient (Wildman–Crippen LogP) is -0.473. The van der Waals surface area contributed by atoms with Crippen LogP contribution in [-0.2, 0) is 19.6 Å². The zero-order valence-electron chi connectivity index (χ0n) is 7.24. The number of carbonyl (C=O) groups is 1. The van der Waals surface area contributed by atoms with Gasteiger partial charge in [-0.25, -0.2) is 17.9 Å². The number of ether oxygens (including phenoxy) is 1. The molecule has 0 saturated heterocycles. The third-order valence-electron chi connectivity index (χ3n) is 1.07. The lowest BCUT2D eigenvalue weighted by Crippen LogP contribution is -2.38. The number of nitrogens with one attached hydrogen (secondary N) is 1. The second-order valence-electron chi connectivity index (χ2n) is 2.29. The van der Waals surface area contributed by atoms with Crippen molar-refractivity contribution in [2.45, 2.75) is 5.51 Å². The van der Waals surface area contributed by atoms with Gasteiger partial charge in [-0.05, 0) is 0 Å². The molecule has 0 aromatic rings. The van der Waals surface area contributed by atoms with Gasteiger partial charge >= 0.3 is 21.5 Å². The van der Waals surface area contributed by atoms with Crippen LogP contribution in [0.4, 0.5) is 13.2 Å². The molecule has 0 saturated carbocycles. The highest BCUT2D eigenvalue weighted by molar-refractivity contribution is 7.90. The van der Waals surface area contributed by atoms with E-state index >= 15 is 0 Å². The van der Waals surface area contributed by atoms with Crippen molar-refractivity contribution in [3.8, 4) is 0 Å². The summed E-state index contributed by atoms with van der Waals surface area (Å²) in [5, 5.41) is 8.06. The summed E-state index contributed by atoms with van der Waals surface area (Å²) < 4.78 is 61.2. The summed E-state index contributed by atoms with van der Waals surface area (Å²) in [5.74, 6) is -1.30. The largest absolute Gasteiger partial charge is 0.511 e. The van der Waals surface area contributed by atoms with Gasteiger partial charge in [-0.15, -0.1) is 0 Å². The Kier molecular flexibility index (Phi) is 4.97. The number of hydrogen-bond donors (Lipinski definition) is 2. The number of carboxylic acids is 1. The first kappa shape index (κ1) is 14.1. The van der Waals surface area contributed by atoms with E-state index < -0.39 is 41.3 Å². The van der Waals surface area contributed by atoms with Gasteiger partial charge in [-0.2, -0.15) is 13.2 Å². The van der Waals surface area contributed by atoms with Gasteiger partial charge in [0.05, 0.1) is 6.61 Å². The van der Waals surface area contributed by atoms with Gasteiger partial charge in [-0.3, -0.25) is 0 Å². The maximum atomic E-state index is 11.7. The highest BCUT2D eigenvalue weighted by Crippen LogP contribution is 2.21. The summed E-state index contributed by atoms with van der Waals surface area (Å²) in [6.45, 7) is -1.80. The first-order valence-corrected chi connectivity index (χ1v) is 5.00. The normalized spacial score (nSPS) is 12.7. The van der Waals surface area contributed by atoms with Crippen molar-refractivity contribution in [3.05, 3.63) is 0 Å². The number of alkyl halides is 3. The summed E-state index contributed by atoms with van der Waals surface area (Å²) >= 11 is 0. The Morgan fingerprint density at radius 3 is 2.33 bits per heavy atom. The lowest BCUT2D eigenvalue weighted by Gasteiger charge is -2.08. The van der Waals surface area contributed by atoms with E-state index in [9.17, 15) is 26.4 Å². The topological polar surface area (TPSA) is 92.7 Å². The second kappa shape index (κ2) is 5.28. The summed E-state index contributed by atoms with van der Waals surface area (Å²) in [6.07, 6.45) is 0. The van der Waals surface area contributed by atoms with E-state index in [1.807, 2.05) is 0 Å². The van der Waals surface area contributed by atoms with Crippen LogP contribution in [-0.4, -0.2) is 44.8 Å². The van der Waals surface area contributed by atoms with Crippen molar-refractivity contribution in [1.82, 2.24) is 4.72 Å². The maximum Gasteiger partial charge on any atom is 0.511 e. The molecule has 0 aliphatic rings. The Morgan fingerprint density at radius 2 is 1.93 bits per heavy atom. The maximum absolute atomic E-state index is 11.7. The summed E-state index contributed by atoms with van der Waals surface area (Å²) in [7, 11) is -5.38. The van der Waals surface area contributed by atoms with E-state index in [2.05, 4.69) is 4.74 Å². The molecule has 0 unspecified atom stereocenters. The van der Waals surface area contributed by atoms with Gasteiger partial charge in [0.2, 0.25) is 0 Å². The van der Waals surface area contributed by atoms with Crippen LogP contribution in [0.3, 0.4) is 0 Å². The Hall–Kier alpha value is -0.870. The van der Waals surface area contributed by atoms with Crippen LogP contribution >= 0.6 is 0 Å². The monoisotopic (exact) mass is 251 g/mol. The third kappa shape index (κ3) is 5.54. The SMILES string of the molecule is O=C(O)COCCNS(=O)(=O)C(F)(F)F. The number of sulfonamides is 1. The van der Waals surface area contributed by atoms with Gasteiger partial charge in [0.25, 0.3) is 0 Å². The molecule has 0 aromatic carbocycles. The van der Waals surface area contributed by atoms with Crippen LogP contribution < -0.4 is 4.72 Å². The van der Waals surface area contributed by atoms with E-state index in [1.54, 1.807) is 0 Å². The van der Waals surface area contributed by atoms with Gasteiger partial charge in [0.1, 0.15) is 6.61 Å². The van der Waals surface area contributed by atoms with Gasteiger partial charge in [-0.1, -0.05) is 0 Å². The number of hydrogen-bond acceptors (Lipinski definition) is 4. The van der Waals surface area contributed by atoms with Crippen LogP contribution in [0, 0.1) is 0 Å². The molecule has 6 nitrogen and oxygen atoms in total. The van der Waals surface area contributed by atoms with E-state index in [0.29, 0.717) is 0 Å². The van der Waals surface area contributed by atoms with E-state index in [1.165, 1.54) is 4.72 Å². The van der Waals surface area contributed by atoms with Crippen LogP contribution in [0.1, 0.15) is 0 Å². The highest BCUT2D eigenvalue weighted by atomic mass is 32.2. The fourth-order valence-corrected chi connectivity index (χ4v) is 1.01. The van der Waals surface area contributed by atoms with Crippen molar-refractivity contribution in [2.24, 2.45) is 0 Å². The van der Waals surface area contributed by atoms with Gasteiger partial charge in [0, 0.05) is 6.54 Å². The Bertz CT molecular complexity index is 311. The van der Waals surface area contributed by atoms with Gasteiger partial charge in [0.15, 0.2) is 0 Å². The third-order valence-corrected chi connectivity index (χ3v) is 2.26. The smallest absolute Gasteiger partial charge is 0.480 e.